The number of hydrogen-bond donors (Lipinski definition) is 0. The quantitative estimate of drug-likeness (QED) is 0.127. The number of fused-ring (bicyclic) bond motifs is 2. The predicted octanol–water partition coefficient (Wildman–Crippen LogP) is 5.79. The van der Waals surface area contributed by atoms with Crippen molar-refractivity contribution >= 4 is 16.7 Å². The highest BCUT2D eigenvalue weighted by Crippen LogP contribution is 2.35. The number of morpholine rings is 1. The molecule has 4 heterocycles. The van der Waals surface area contributed by atoms with E-state index >= 15 is 4.39 Å². The predicted molar refractivity (Wildman–Crippen MR) is 180 cm³/mol. The van der Waals surface area contributed by atoms with Crippen molar-refractivity contribution in [2.24, 2.45) is 0 Å². The van der Waals surface area contributed by atoms with E-state index in [1.807, 2.05) is 0 Å². The van der Waals surface area contributed by atoms with Crippen molar-refractivity contribution in [1.29, 1.82) is 5.26 Å². The lowest BCUT2D eigenvalue weighted by Gasteiger charge is -2.26. The second-order valence-corrected chi connectivity index (χ2v) is 12.0. The first-order valence-corrected chi connectivity index (χ1v) is 16.3. The molecule has 0 aliphatic carbocycles. The van der Waals surface area contributed by atoms with Crippen molar-refractivity contribution < 1.29 is 32.5 Å². The van der Waals surface area contributed by atoms with Crippen LogP contribution in [0.5, 0.6) is 23.0 Å². The minimum Gasteiger partial charge on any atom is -0.492 e. The first kappa shape index (κ1) is 32.9. The lowest BCUT2D eigenvalue weighted by atomic mass is 10.0. The van der Waals surface area contributed by atoms with Crippen LogP contribution in [-0.2, 0) is 17.6 Å². The third-order valence-electron chi connectivity index (χ3n) is 8.72. The minimum absolute atomic E-state index is 0.0988. The van der Waals surface area contributed by atoms with Crippen LogP contribution in [0.25, 0.3) is 16.6 Å². The SMILES string of the molecule is N#Cc1cc2c(Oc3ccc(CC(=O)c4c5c(cn(-c6ccc(F)cc6)c4=O)CCO5)cc3F)ccnc2cc1OCCCN1CCOCC1. The van der Waals surface area contributed by atoms with Crippen molar-refractivity contribution in [3.63, 3.8) is 0 Å². The van der Waals surface area contributed by atoms with E-state index < -0.39 is 23.0 Å². The van der Waals surface area contributed by atoms with Gasteiger partial charge in [0.1, 0.15) is 34.7 Å². The van der Waals surface area contributed by atoms with Crippen LogP contribution in [0, 0.1) is 23.0 Å². The number of ether oxygens (including phenoxy) is 4. The van der Waals surface area contributed by atoms with E-state index in [9.17, 15) is 19.2 Å². The summed E-state index contributed by atoms with van der Waals surface area (Å²) in [6.45, 7) is 4.84. The Balaban J connectivity index is 1.07. The van der Waals surface area contributed by atoms with Gasteiger partial charge in [0.15, 0.2) is 17.3 Å². The molecule has 10 nitrogen and oxygen atoms in total. The number of nitrogens with zero attached hydrogens (tertiary/aromatic N) is 4. The van der Waals surface area contributed by atoms with E-state index in [0.717, 1.165) is 39.3 Å². The van der Waals surface area contributed by atoms with Gasteiger partial charge >= 0.3 is 0 Å². The van der Waals surface area contributed by atoms with Gasteiger partial charge in [0.25, 0.3) is 5.56 Å². The number of carbonyl (C=O) groups excluding carboxylic acids is 1. The summed E-state index contributed by atoms with van der Waals surface area (Å²) in [6.07, 6.45) is 4.14. The Kier molecular flexibility index (Phi) is 9.51. The Labute approximate surface area is 286 Å². The smallest absolute Gasteiger partial charge is 0.269 e. The zero-order valence-electron chi connectivity index (χ0n) is 27.0. The van der Waals surface area contributed by atoms with E-state index in [1.165, 1.54) is 47.2 Å². The largest absolute Gasteiger partial charge is 0.492 e. The Morgan fingerprint density at radius 1 is 0.980 bits per heavy atom. The molecular weight excluding hydrogens is 646 g/mol. The van der Waals surface area contributed by atoms with E-state index in [0.29, 0.717) is 58.7 Å². The molecule has 12 heteroatoms. The molecule has 0 atom stereocenters. The number of rotatable bonds is 11. The molecule has 50 heavy (non-hydrogen) atoms. The monoisotopic (exact) mass is 678 g/mol. The van der Waals surface area contributed by atoms with Gasteiger partial charge in [-0.25, -0.2) is 8.78 Å². The second kappa shape index (κ2) is 14.5. The van der Waals surface area contributed by atoms with Crippen molar-refractivity contribution in [1.82, 2.24) is 14.5 Å². The van der Waals surface area contributed by atoms with Gasteiger partial charge in [0.05, 0.1) is 37.5 Å². The molecule has 2 aromatic heterocycles. The summed E-state index contributed by atoms with van der Waals surface area (Å²) in [7, 11) is 0. The van der Waals surface area contributed by atoms with Gasteiger partial charge in [-0.2, -0.15) is 5.26 Å². The molecule has 0 N–H and O–H groups in total. The first-order chi connectivity index (χ1) is 24.4. The van der Waals surface area contributed by atoms with Crippen LogP contribution in [0.1, 0.15) is 33.5 Å². The van der Waals surface area contributed by atoms with Gasteiger partial charge in [-0.15, -0.1) is 0 Å². The number of hydrogen-bond acceptors (Lipinski definition) is 9. The van der Waals surface area contributed by atoms with E-state index in [2.05, 4.69) is 16.0 Å². The fourth-order valence-corrected chi connectivity index (χ4v) is 6.17. The van der Waals surface area contributed by atoms with Gasteiger partial charge in [0, 0.05) is 67.6 Å². The maximum atomic E-state index is 15.5. The third-order valence-corrected chi connectivity index (χ3v) is 8.72. The highest BCUT2D eigenvalue weighted by atomic mass is 19.1. The molecule has 0 radical (unpaired) electrons. The molecule has 0 saturated carbocycles. The number of nitriles is 1. The number of pyridine rings is 2. The summed E-state index contributed by atoms with van der Waals surface area (Å²) in [5.41, 5.74) is 1.47. The molecule has 2 aliphatic heterocycles. The number of benzene rings is 3. The van der Waals surface area contributed by atoms with Gasteiger partial charge in [-0.3, -0.25) is 24.0 Å². The van der Waals surface area contributed by atoms with Crippen LogP contribution in [0.3, 0.4) is 0 Å². The van der Waals surface area contributed by atoms with Gasteiger partial charge in [-0.1, -0.05) is 6.07 Å². The average molecular weight is 679 g/mol. The fraction of sp³-hybridized carbons (Fsp3) is 0.263. The Morgan fingerprint density at radius 2 is 1.80 bits per heavy atom. The first-order valence-electron chi connectivity index (χ1n) is 16.3. The van der Waals surface area contributed by atoms with Crippen LogP contribution >= 0.6 is 0 Å². The summed E-state index contributed by atoms with van der Waals surface area (Å²) in [5, 5.41) is 10.4. The summed E-state index contributed by atoms with van der Waals surface area (Å²) < 4.78 is 53.3. The van der Waals surface area contributed by atoms with Gasteiger partial charge in [-0.05, 0) is 60.5 Å². The standard InChI is InChI=1S/C38H32F2N4O6/c39-27-3-5-28(6-4-27)44-23-25-9-15-49-37(25)36(38(44)46)32(45)19-24-2-7-34(30(40)18-24)50-33-8-10-42-31-21-35(26(22-41)20-29(31)33)48-14-1-11-43-12-16-47-17-13-43/h2-8,10,18,20-21,23H,1,9,11-17,19H2. The number of halogens is 2. The maximum absolute atomic E-state index is 15.5. The minimum atomic E-state index is -0.723. The fourth-order valence-electron chi connectivity index (χ4n) is 6.17. The highest BCUT2D eigenvalue weighted by Gasteiger charge is 2.27. The molecule has 0 amide bonds. The molecule has 254 valence electrons. The van der Waals surface area contributed by atoms with Gasteiger partial charge < -0.3 is 18.9 Å². The number of carbonyl (C=O) groups is 1. The number of Topliss-reactive ketones (excluding diaryl/α,β-unsaturated/α-hetero) is 1. The average Bonchev–Trinajstić information content (AvgIpc) is 3.59. The second-order valence-electron chi connectivity index (χ2n) is 12.0. The molecule has 0 bridgehead atoms. The Morgan fingerprint density at radius 3 is 2.58 bits per heavy atom. The Hall–Kier alpha value is -5.64. The lowest BCUT2D eigenvalue weighted by Crippen LogP contribution is -2.37. The van der Waals surface area contributed by atoms with Crippen molar-refractivity contribution in [2.45, 2.75) is 19.3 Å². The van der Waals surface area contributed by atoms with Crippen LogP contribution in [0.2, 0.25) is 0 Å². The third kappa shape index (κ3) is 6.92. The maximum Gasteiger partial charge on any atom is 0.269 e. The molecule has 0 unspecified atom stereocenters. The summed E-state index contributed by atoms with van der Waals surface area (Å²) in [6, 6.07) is 16.5. The normalized spacial score (nSPS) is 14.2. The van der Waals surface area contributed by atoms with Crippen LogP contribution in [-0.4, -0.2) is 66.3 Å². The molecular formula is C38H32F2N4O6. The zero-order valence-corrected chi connectivity index (χ0v) is 27.0. The van der Waals surface area contributed by atoms with E-state index in [4.69, 9.17) is 18.9 Å². The van der Waals surface area contributed by atoms with E-state index in [1.54, 1.807) is 30.5 Å². The Bertz CT molecular complexity index is 2170. The number of ketones is 1. The van der Waals surface area contributed by atoms with Gasteiger partial charge in [0.2, 0.25) is 0 Å². The summed E-state index contributed by atoms with van der Waals surface area (Å²) in [4.78, 5) is 33.8. The topological polar surface area (TPSA) is 116 Å². The van der Waals surface area contributed by atoms with Crippen molar-refractivity contribution in [3.8, 4) is 34.8 Å². The molecule has 5 aromatic rings. The van der Waals surface area contributed by atoms with Crippen LogP contribution in [0.4, 0.5) is 8.78 Å². The lowest BCUT2D eigenvalue weighted by molar-refractivity contribution is 0.0358. The molecule has 0 spiro atoms. The molecule has 1 fully saturated rings. The molecule has 2 aliphatic rings. The molecule has 7 rings (SSSR count). The van der Waals surface area contributed by atoms with Crippen molar-refractivity contribution in [3.05, 3.63) is 117 Å². The summed E-state index contributed by atoms with van der Waals surface area (Å²) in [5.74, 6) is -0.900. The zero-order chi connectivity index (χ0) is 34.6. The van der Waals surface area contributed by atoms with Crippen LogP contribution in [0.15, 0.2) is 77.9 Å². The molecule has 3 aromatic carbocycles. The van der Waals surface area contributed by atoms with E-state index in [-0.39, 0.29) is 29.2 Å². The highest BCUT2D eigenvalue weighted by molar-refractivity contribution is 6.00. The molecule has 1 saturated heterocycles. The van der Waals surface area contributed by atoms with Crippen molar-refractivity contribution in [2.75, 3.05) is 46.1 Å². The number of aromatic nitrogens is 2. The van der Waals surface area contributed by atoms with Crippen LogP contribution < -0.4 is 19.8 Å². The summed E-state index contributed by atoms with van der Waals surface area (Å²) >= 11 is 0.